The molecule has 0 aliphatic heterocycles. The first-order valence-corrected chi connectivity index (χ1v) is 7.70. The molecule has 1 amide bonds. The highest BCUT2D eigenvalue weighted by molar-refractivity contribution is 8.03. The Hall–Kier alpha value is -2.85. The maximum Gasteiger partial charge on any atom is 0.338 e. The SMILES string of the molecule is Cc1cc(SC#N)ccc1NC(=O)COC(=O)c1ccc(F)cc1. The van der Waals surface area contributed by atoms with E-state index in [0.717, 1.165) is 34.4 Å². The fraction of sp³-hybridized carbons (Fsp3) is 0.118. The molecule has 122 valence electrons. The minimum Gasteiger partial charge on any atom is -0.452 e. The molecule has 0 spiro atoms. The van der Waals surface area contributed by atoms with Gasteiger partial charge in [-0.15, -0.1) is 0 Å². The Labute approximate surface area is 142 Å². The van der Waals surface area contributed by atoms with Crippen molar-refractivity contribution in [2.75, 3.05) is 11.9 Å². The fourth-order valence-electron chi connectivity index (χ4n) is 1.88. The lowest BCUT2D eigenvalue weighted by Crippen LogP contribution is -2.21. The van der Waals surface area contributed by atoms with Crippen LogP contribution in [-0.4, -0.2) is 18.5 Å². The van der Waals surface area contributed by atoms with Crippen LogP contribution in [0.15, 0.2) is 47.4 Å². The molecule has 0 atom stereocenters. The van der Waals surface area contributed by atoms with Crippen LogP contribution in [0.4, 0.5) is 10.1 Å². The third-order valence-electron chi connectivity index (χ3n) is 3.05. The summed E-state index contributed by atoms with van der Waals surface area (Å²) in [5.41, 5.74) is 1.52. The summed E-state index contributed by atoms with van der Waals surface area (Å²) in [7, 11) is 0. The molecule has 2 aromatic rings. The van der Waals surface area contributed by atoms with Crippen molar-refractivity contribution in [3.63, 3.8) is 0 Å². The number of thiocyanates is 1. The summed E-state index contributed by atoms with van der Waals surface area (Å²) in [4.78, 5) is 24.4. The first-order valence-electron chi connectivity index (χ1n) is 6.88. The van der Waals surface area contributed by atoms with E-state index in [-0.39, 0.29) is 5.56 Å². The van der Waals surface area contributed by atoms with E-state index in [4.69, 9.17) is 10.00 Å². The van der Waals surface area contributed by atoms with E-state index in [9.17, 15) is 14.0 Å². The number of nitrogens with one attached hydrogen (secondary N) is 1. The predicted octanol–water partition coefficient (Wildman–Crippen LogP) is 3.50. The van der Waals surface area contributed by atoms with Gasteiger partial charge in [0.2, 0.25) is 0 Å². The van der Waals surface area contributed by atoms with Crippen molar-refractivity contribution in [2.24, 2.45) is 0 Å². The van der Waals surface area contributed by atoms with E-state index in [1.54, 1.807) is 25.1 Å². The lowest BCUT2D eigenvalue weighted by molar-refractivity contribution is -0.119. The zero-order valence-corrected chi connectivity index (χ0v) is 13.5. The number of ether oxygens (including phenoxy) is 1. The molecule has 0 heterocycles. The number of hydrogen-bond donors (Lipinski definition) is 1. The summed E-state index contributed by atoms with van der Waals surface area (Å²) < 4.78 is 17.7. The fourth-order valence-corrected chi connectivity index (χ4v) is 2.36. The van der Waals surface area contributed by atoms with Gasteiger partial charge in [0.15, 0.2) is 6.61 Å². The largest absolute Gasteiger partial charge is 0.452 e. The van der Waals surface area contributed by atoms with Gasteiger partial charge in [0.25, 0.3) is 5.91 Å². The van der Waals surface area contributed by atoms with Crippen molar-refractivity contribution in [1.29, 1.82) is 5.26 Å². The molecule has 1 N–H and O–H groups in total. The minimum absolute atomic E-state index is 0.165. The highest BCUT2D eigenvalue weighted by Crippen LogP contribution is 2.23. The normalized spacial score (nSPS) is 9.88. The number of carbonyl (C=O) groups excluding carboxylic acids is 2. The molecular formula is C17H13FN2O3S. The first kappa shape index (κ1) is 17.5. The second kappa shape index (κ2) is 8.13. The van der Waals surface area contributed by atoms with E-state index in [1.807, 2.05) is 5.40 Å². The van der Waals surface area contributed by atoms with E-state index in [1.165, 1.54) is 12.1 Å². The van der Waals surface area contributed by atoms with Crippen LogP contribution in [0.5, 0.6) is 0 Å². The molecule has 0 unspecified atom stereocenters. The summed E-state index contributed by atoms with van der Waals surface area (Å²) >= 11 is 1.03. The van der Waals surface area contributed by atoms with Gasteiger partial charge in [0.05, 0.1) is 5.56 Å². The Bertz CT molecular complexity index is 800. The molecule has 0 radical (unpaired) electrons. The standard InChI is InChI=1S/C17H13FN2O3S/c1-11-8-14(24-10-19)6-7-15(11)20-16(21)9-23-17(22)12-2-4-13(18)5-3-12/h2-8H,9H2,1H3,(H,20,21). The van der Waals surface area contributed by atoms with Gasteiger partial charge in [-0.3, -0.25) is 4.79 Å². The lowest BCUT2D eigenvalue weighted by atomic mass is 10.2. The van der Waals surface area contributed by atoms with Gasteiger partial charge in [-0.05, 0) is 66.7 Å². The number of thioether (sulfide) groups is 1. The molecule has 0 saturated heterocycles. The van der Waals surface area contributed by atoms with Crippen molar-refractivity contribution >= 4 is 29.3 Å². The van der Waals surface area contributed by atoms with Crippen molar-refractivity contribution < 1.29 is 18.7 Å². The molecule has 2 aromatic carbocycles. The van der Waals surface area contributed by atoms with E-state index in [2.05, 4.69) is 5.32 Å². The summed E-state index contributed by atoms with van der Waals surface area (Å²) in [5.74, 6) is -1.66. The molecule has 0 bridgehead atoms. The zero-order valence-electron chi connectivity index (χ0n) is 12.7. The quantitative estimate of drug-likeness (QED) is 0.510. The van der Waals surface area contributed by atoms with Gasteiger partial charge >= 0.3 is 5.97 Å². The van der Waals surface area contributed by atoms with Crippen molar-refractivity contribution in [1.82, 2.24) is 0 Å². The molecule has 0 fully saturated rings. The molecular weight excluding hydrogens is 331 g/mol. The van der Waals surface area contributed by atoms with Crippen LogP contribution >= 0.6 is 11.8 Å². The number of halogens is 1. The Morgan fingerprint density at radius 1 is 1.25 bits per heavy atom. The van der Waals surface area contributed by atoms with Gasteiger partial charge in [0, 0.05) is 10.6 Å². The average Bonchev–Trinajstić information content (AvgIpc) is 2.56. The van der Waals surface area contributed by atoms with Crippen LogP contribution in [-0.2, 0) is 9.53 Å². The number of rotatable bonds is 5. The average molecular weight is 344 g/mol. The maximum atomic E-state index is 12.8. The van der Waals surface area contributed by atoms with Crippen LogP contribution < -0.4 is 5.32 Å². The Balaban J connectivity index is 1.90. The molecule has 24 heavy (non-hydrogen) atoms. The van der Waals surface area contributed by atoms with Crippen LogP contribution in [0.3, 0.4) is 0 Å². The molecule has 2 rings (SSSR count). The summed E-state index contributed by atoms with van der Waals surface area (Å²) in [6.45, 7) is 1.34. The van der Waals surface area contributed by atoms with Gasteiger partial charge in [0.1, 0.15) is 11.2 Å². The number of nitriles is 1. The van der Waals surface area contributed by atoms with Crippen LogP contribution in [0, 0.1) is 23.4 Å². The van der Waals surface area contributed by atoms with Crippen LogP contribution in [0.25, 0.3) is 0 Å². The van der Waals surface area contributed by atoms with Gasteiger partial charge in [-0.1, -0.05) is 0 Å². The minimum atomic E-state index is -0.706. The number of hydrogen-bond acceptors (Lipinski definition) is 5. The molecule has 0 aliphatic carbocycles. The molecule has 5 nitrogen and oxygen atoms in total. The number of carbonyl (C=O) groups is 2. The van der Waals surface area contributed by atoms with Crippen molar-refractivity contribution in [3.8, 4) is 5.40 Å². The Kier molecular flexibility index (Phi) is 5.93. The lowest BCUT2D eigenvalue weighted by Gasteiger charge is -2.09. The van der Waals surface area contributed by atoms with Crippen molar-refractivity contribution in [2.45, 2.75) is 11.8 Å². The highest BCUT2D eigenvalue weighted by atomic mass is 32.2. The monoisotopic (exact) mass is 344 g/mol. The number of amides is 1. The van der Waals surface area contributed by atoms with E-state index in [0.29, 0.717) is 5.69 Å². The highest BCUT2D eigenvalue weighted by Gasteiger charge is 2.11. The van der Waals surface area contributed by atoms with Gasteiger partial charge < -0.3 is 10.1 Å². The zero-order chi connectivity index (χ0) is 17.5. The Morgan fingerprint density at radius 2 is 1.96 bits per heavy atom. The van der Waals surface area contributed by atoms with Gasteiger partial charge in [-0.25, -0.2) is 9.18 Å². The third kappa shape index (κ3) is 4.83. The molecule has 0 aromatic heterocycles. The molecule has 0 aliphatic rings. The second-order valence-corrected chi connectivity index (χ2v) is 5.66. The number of anilines is 1. The van der Waals surface area contributed by atoms with E-state index < -0.39 is 24.3 Å². The number of esters is 1. The predicted molar refractivity (Wildman–Crippen MR) is 88.0 cm³/mol. The topological polar surface area (TPSA) is 79.2 Å². The Morgan fingerprint density at radius 3 is 2.58 bits per heavy atom. The second-order valence-electron chi connectivity index (χ2n) is 4.80. The number of benzene rings is 2. The molecule has 7 heteroatoms. The van der Waals surface area contributed by atoms with Crippen LogP contribution in [0.2, 0.25) is 0 Å². The number of nitrogens with zero attached hydrogens (tertiary/aromatic N) is 1. The smallest absolute Gasteiger partial charge is 0.338 e. The number of aryl methyl sites for hydroxylation is 1. The van der Waals surface area contributed by atoms with Crippen molar-refractivity contribution in [3.05, 3.63) is 59.4 Å². The summed E-state index contributed by atoms with van der Waals surface area (Å²) in [6.07, 6.45) is 0. The third-order valence-corrected chi connectivity index (χ3v) is 3.63. The molecule has 0 saturated carbocycles. The summed E-state index contributed by atoms with van der Waals surface area (Å²) in [6, 6.07) is 10.0. The van der Waals surface area contributed by atoms with Gasteiger partial charge in [-0.2, -0.15) is 5.26 Å². The maximum absolute atomic E-state index is 12.8. The van der Waals surface area contributed by atoms with E-state index >= 15 is 0 Å². The first-order chi connectivity index (χ1) is 11.5. The summed E-state index contributed by atoms with van der Waals surface area (Å²) in [5, 5.41) is 13.2. The van der Waals surface area contributed by atoms with Crippen LogP contribution in [0.1, 0.15) is 15.9 Å².